The first-order valence-corrected chi connectivity index (χ1v) is 9.21. The molecule has 0 aliphatic carbocycles. The smallest absolute Gasteiger partial charge is 0.227 e. The molecule has 1 aliphatic heterocycles. The van der Waals surface area contributed by atoms with E-state index in [1.165, 1.54) is 5.56 Å². The Kier molecular flexibility index (Phi) is 5.87. The van der Waals surface area contributed by atoms with E-state index < -0.39 is 0 Å². The lowest BCUT2D eigenvalue weighted by Gasteiger charge is -2.35. The number of hydrogen-bond donors (Lipinski definition) is 0. The van der Waals surface area contributed by atoms with Gasteiger partial charge in [0.2, 0.25) is 5.91 Å². The van der Waals surface area contributed by atoms with E-state index in [2.05, 4.69) is 46.6 Å². The molecule has 134 valence electrons. The monoisotopic (exact) mass is 340 g/mol. The molecule has 0 spiro atoms. The molecule has 3 rings (SSSR count). The van der Waals surface area contributed by atoms with Crippen LogP contribution < -0.4 is 0 Å². The molecule has 0 N–H and O–H groups in total. The van der Waals surface area contributed by atoms with Gasteiger partial charge >= 0.3 is 0 Å². The summed E-state index contributed by atoms with van der Waals surface area (Å²) in [7, 11) is 0. The van der Waals surface area contributed by atoms with E-state index in [1.807, 2.05) is 23.2 Å². The standard InChI is InChI=1S/C20H28N4O/c1-3-19-21-7-8-23(19)12-9-22-10-13-24(14-11-22)20(25)16-18-6-4-5-17(2)15-18/h4-8,15H,3,9-14,16H2,1-2H3. The molecule has 1 aliphatic rings. The molecule has 0 radical (unpaired) electrons. The second kappa shape index (κ2) is 8.30. The van der Waals surface area contributed by atoms with Gasteiger partial charge in [-0.15, -0.1) is 0 Å². The zero-order valence-corrected chi connectivity index (χ0v) is 15.3. The topological polar surface area (TPSA) is 41.4 Å². The number of hydrogen-bond acceptors (Lipinski definition) is 3. The molecule has 1 amide bonds. The predicted molar refractivity (Wildman–Crippen MR) is 99.5 cm³/mol. The van der Waals surface area contributed by atoms with Gasteiger partial charge in [0.05, 0.1) is 6.42 Å². The minimum atomic E-state index is 0.244. The molecule has 2 heterocycles. The Hall–Kier alpha value is -2.14. The minimum absolute atomic E-state index is 0.244. The van der Waals surface area contributed by atoms with Crippen LogP contribution in [0.5, 0.6) is 0 Å². The van der Waals surface area contributed by atoms with E-state index >= 15 is 0 Å². The van der Waals surface area contributed by atoms with Crippen molar-refractivity contribution >= 4 is 5.91 Å². The number of amides is 1. The summed E-state index contributed by atoms with van der Waals surface area (Å²) in [6.07, 6.45) is 5.41. The molecule has 5 heteroatoms. The Bertz CT molecular complexity index is 701. The molecular weight excluding hydrogens is 312 g/mol. The van der Waals surface area contributed by atoms with Crippen molar-refractivity contribution in [1.82, 2.24) is 19.4 Å². The average Bonchev–Trinajstić information content (AvgIpc) is 3.08. The summed E-state index contributed by atoms with van der Waals surface area (Å²) in [5.41, 5.74) is 2.32. The summed E-state index contributed by atoms with van der Waals surface area (Å²) in [5, 5.41) is 0. The molecule has 0 saturated carbocycles. The molecule has 0 bridgehead atoms. The van der Waals surface area contributed by atoms with Crippen LogP contribution in [0.1, 0.15) is 23.9 Å². The third-order valence-electron chi connectivity index (χ3n) is 4.94. The van der Waals surface area contributed by atoms with E-state index in [0.29, 0.717) is 6.42 Å². The number of aromatic nitrogens is 2. The second-order valence-corrected chi connectivity index (χ2v) is 6.78. The number of imidazole rings is 1. The van der Waals surface area contributed by atoms with Crippen molar-refractivity contribution in [2.45, 2.75) is 33.2 Å². The fraction of sp³-hybridized carbons (Fsp3) is 0.500. The molecule has 1 aromatic heterocycles. The fourth-order valence-corrected chi connectivity index (χ4v) is 3.44. The number of aryl methyl sites for hydroxylation is 2. The van der Waals surface area contributed by atoms with Crippen molar-refractivity contribution < 1.29 is 4.79 Å². The highest BCUT2D eigenvalue weighted by molar-refractivity contribution is 5.78. The van der Waals surface area contributed by atoms with Crippen molar-refractivity contribution in [2.75, 3.05) is 32.7 Å². The van der Waals surface area contributed by atoms with Crippen LogP contribution in [0.4, 0.5) is 0 Å². The number of carbonyl (C=O) groups is 1. The summed E-state index contributed by atoms with van der Waals surface area (Å²) in [4.78, 5) is 21.3. The maximum Gasteiger partial charge on any atom is 0.227 e. The number of piperazine rings is 1. The van der Waals surface area contributed by atoms with Crippen LogP contribution in [0.25, 0.3) is 0 Å². The maximum absolute atomic E-state index is 12.5. The first-order chi connectivity index (χ1) is 12.2. The van der Waals surface area contributed by atoms with Crippen LogP contribution in [0.15, 0.2) is 36.7 Å². The number of rotatable bonds is 6. The van der Waals surface area contributed by atoms with E-state index in [0.717, 1.165) is 57.1 Å². The molecule has 1 fully saturated rings. The summed E-state index contributed by atoms with van der Waals surface area (Å²) in [6, 6.07) is 8.23. The van der Waals surface area contributed by atoms with Crippen LogP contribution in [0.3, 0.4) is 0 Å². The Labute approximate surface area is 150 Å². The fourth-order valence-electron chi connectivity index (χ4n) is 3.44. The Morgan fingerprint density at radius 1 is 1.16 bits per heavy atom. The summed E-state index contributed by atoms with van der Waals surface area (Å²) in [5.74, 6) is 1.39. The van der Waals surface area contributed by atoms with Gasteiger partial charge in [-0.2, -0.15) is 0 Å². The normalized spacial score (nSPS) is 15.5. The van der Waals surface area contributed by atoms with Crippen LogP contribution in [0.2, 0.25) is 0 Å². The van der Waals surface area contributed by atoms with Gasteiger partial charge in [0.25, 0.3) is 0 Å². The van der Waals surface area contributed by atoms with Crippen LogP contribution >= 0.6 is 0 Å². The number of nitrogens with zero attached hydrogens (tertiary/aromatic N) is 4. The maximum atomic E-state index is 12.5. The Morgan fingerprint density at radius 2 is 1.96 bits per heavy atom. The highest BCUT2D eigenvalue weighted by Gasteiger charge is 2.21. The molecule has 2 aromatic rings. The highest BCUT2D eigenvalue weighted by Crippen LogP contribution is 2.09. The van der Waals surface area contributed by atoms with Crippen LogP contribution in [-0.4, -0.2) is 58.0 Å². The van der Waals surface area contributed by atoms with Crippen LogP contribution in [-0.2, 0) is 24.2 Å². The molecular formula is C20H28N4O. The largest absolute Gasteiger partial charge is 0.340 e. The van der Waals surface area contributed by atoms with E-state index in [-0.39, 0.29) is 5.91 Å². The average molecular weight is 340 g/mol. The SMILES string of the molecule is CCc1nccn1CCN1CCN(C(=O)Cc2cccc(C)c2)CC1. The first kappa shape index (κ1) is 17.7. The van der Waals surface area contributed by atoms with E-state index in [9.17, 15) is 4.79 Å². The number of benzene rings is 1. The predicted octanol–water partition coefficient (Wildman–Crippen LogP) is 2.14. The zero-order chi connectivity index (χ0) is 17.6. The van der Waals surface area contributed by atoms with Gasteiger partial charge in [0.1, 0.15) is 5.82 Å². The molecule has 0 atom stereocenters. The summed E-state index contributed by atoms with van der Waals surface area (Å²) in [6.45, 7) is 9.76. The summed E-state index contributed by atoms with van der Waals surface area (Å²) >= 11 is 0. The Balaban J connectivity index is 1.44. The molecule has 1 aromatic carbocycles. The zero-order valence-electron chi connectivity index (χ0n) is 15.3. The lowest BCUT2D eigenvalue weighted by molar-refractivity contribution is -0.132. The summed E-state index contributed by atoms with van der Waals surface area (Å²) < 4.78 is 2.23. The van der Waals surface area contributed by atoms with E-state index in [1.54, 1.807) is 0 Å². The third-order valence-corrected chi connectivity index (χ3v) is 4.94. The van der Waals surface area contributed by atoms with Crippen molar-refractivity contribution in [3.63, 3.8) is 0 Å². The van der Waals surface area contributed by atoms with Gasteiger partial charge < -0.3 is 9.47 Å². The second-order valence-electron chi connectivity index (χ2n) is 6.78. The van der Waals surface area contributed by atoms with Crippen molar-refractivity contribution in [1.29, 1.82) is 0 Å². The molecule has 0 unspecified atom stereocenters. The van der Waals surface area contributed by atoms with Gasteiger partial charge in [-0.1, -0.05) is 36.8 Å². The Morgan fingerprint density at radius 3 is 2.68 bits per heavy atom. The highest BCUT2D eigenvalue weighted by atomic mass is 16.2. The van der Waals surface area contributed by atoms with Gasteiger partial charge in [-0.25, -0.2) is 4.98 Å². The quantitative estimate of drug-likeness (QED) is 0.809. The van der Waals surface area contributed by atoms with Gasteiger partial charge in [0.15, 0.2) is 0 Å². The van der Waals surface area contributed by atoms with Gasteiger partial charge in [-0.3, -0.25) is 9.69 Å². The van der Waals surface area contributed by atoms with Crippen LogP contribution in [0, 0.1) is 6.92 Å². The lowest BCUT2D eigenvalue weighted by Crippen LogP contribution is -2.49. The molecule has 25 heavy (non-hydrogen) atoms. The first-order valence-electron chi connectivity index (χ1n) is 9.21. The van der Waals surface area contributed by atoms with E-state index in [4.69, 9.17) is 0 Å². The van der Waals surface area contributed by atoms with Crippen molar-refractivity contribution in [2.24, 2.45) is 0 Å². The van der Waals surface area contributed by atoms with Crippen molar-refractivity contribution in [3.8, 4) is 0 Å². The third kappa shape index (κ3) is 4.69. The molecule has 5 nitrogen and oxygen atoms in total. The van der Waals surface area contributed by atoms with Gasteiger partial charge in [0, 0.05) is 58.1 Å². The minimum Gasteiger partial charge on any atom is -0.340 e. The molecule has 1 saturated heterocycles. The van der Waals surface area contributed by atoms with Gasteiger partial charge in [-0.05, 0) is 12.5 Å². The number of carbonyl (C=O) groups excluding carboxylic acids is 1. The van der Waals surface area contributed by atoms with Crippen molar-refractivity contribution in [3.05, 3.63) is 53.6 Å². The lowest BCUT2D eigenvalue weighted by atomic mass is 10.1.